The van der Waals surface area contributed by atoms with E-state index in [9.17, 15) is 0 Å². The van der Waals surface area contributed by atoms with Crippen LogP contribution in [0, 0.1) is 0 Å². The highest BCUT2D eigenvalue weighted by molar-refractivity contribution is 4.55. The van der Waals surface area contributed by atoms with Crippen molar-refractivity contribution >= 4 is 0 Å². The van der Waals surface area contributed by atoms with E-state index in [4.69, 9.17) is 4.74 Å². The molecule has 0 aliphatic carbocycles. The van der Waals surface area contributed by atoms with Gasteiger partial charge in [-0.3, -0.25) is 0 Å². The fourth-order valence-corrected chi connectivity index (χ4v) is 1.07. The van der Waals surface area contributed by atoms with Crippen LogP contribution in [0.5, 0.6) is 0 Å². The summed E-state index contributed by atoms with van der Waals surface area (Å²) in [4.78, 5) is 0. The molecule has 0 saturated carbocycles. The first-order chi connectivity index (χ1) is 3.79. The predicted molar refractivity (Wildman–Crippen MR) is 31.7 cm³/mol. The minimum absolute atomic E-state index is 0.457. The van der Waals surface area contributed by atoms with Crippen molar-refractivity contribution in [1.29, 1.82) is 0 Å². The molecule has 0 aromatic rings. The molecular formula is C6H14NO+. The van der Waals surface area contributed by atoms with Gasteiger partial charge < -0.3 is 10.1 Å². The highest BCUT2D eigenvalue weighted by atomic mass is 16.5. The summed E-state index contributed by atoms with van der Waals surface area (Å²) in [5.41, 5.74) is 0. The van der Waals surface area contributed by atoms with Crippen molar-refractivity contribution in [3.05, 3.63) is 0 Å². The second kappa shape index (κ2) is 2.46. The average molecular weight is 116 g/mol. The number of hydrogen-bond donors (Lipinski definition) is 1. The molecule has 48 valence electrons. The number of morpholine rings is 1. The molecule has 2 unspecified atom stereocenters. The van der Waals surface area contributed by atoms with Crippen LogP contribution in [-0.2, 0) is 4.74 Å². The van der Waals surface area contributed by atoms with Crippen LogP contribution in [0.25, 0.3) is 0 Å². The van der Waals surface area contributed by atoms with Crippen LogP contribution in [0.4, 0.5) is 0 Å². The molecule has 1 saturated heterocycles. The van der Waals surface area contributed by atoms with Gasteiger partial charge in [-0.1, -0.05) is 0 Å². The second-order valence-electron chi connectivity index (χ2n) is 2.52. The van der Waals surface area contributed by atoms with Gasteiger partial charge >= 0.3 is 0 Å². The van der Waals surface area contributed by atoms with Gasteiger partial charge in [-0.15, -0.1) is 0 Å². The molecule has 2 atom stereocenters. The Labute approximate surface area is 50.2 Å². The molecule has 0 spiro atoms. The first kappa shape index (κ1) is 6.05. The third-order valence-electron chi connectivity index (χ3n) is 1.46. The van der Waals surface area contributed by atoms with Gasteiger partial charge in [0.05, 0.1) is 0 Å². The van der Waals surface area contributed by atoms with E-state index in [0.717, 1.165) is 13.1 Å². The fourth-order valence-electron chi connectivity index (χ4n) is 1.07. The van der Waals surface area contributed by atoms with E-state index >= 15 is 0 Å². The van der Waals surface area contributed by atoms with Crippen molar-refractivity contribution in [2.24, 2.45) is 0 Å². The Hall–Kier alpha value is -0.0800. The topological polar surface area (TPSA) is 25.8 Å². The van der Waals surface area contributed by atoms with Gasteiger partial charge in [-0.05, 0) is 13.8 Å². The summed E-state index contributed by atoms with van der Waals surface area (Å²) in [6, 6.07) is 0. The van der Waals surface area contributed by atoms with Crippen LogP contribution < -0.4 is 5.32 Å². The molecule has 1 rings (SSSR count). The molecule has 1 fully saturated rings. The Morgan fingerprint density at radius 3 is 2.00 bits per heavy atom. The fraction of sp³-hybridized carbons (Fsp3) is 1.00. The van der Waals surface area contributed by atoms with E-state index in [1.807, 2.05) is 0 Å². The molecular weight excluding hydrogens is 102 g/mol. The maximum Gasteiger partial charge on any atom is 0.104 e. The molecule has 0 bridgehead atoms. The molecule has 0 radical (unpaired) electrons. The van der Waals surface area contributed by atoms with E-state index in [1.54, 1.807) is 0 Å². The number of rotatable bonds is 0. The standard InChI is InChI=1S/C6H13NO/c1-5-3-7-4-6(2)8-5/h5-7H,3-4H2,1-2H3/p+1. The summed E-state index contributed by atoms with van der Waals surface area (Å²) in [6.45, 7) is 6.49. The highest BCUT2D eigenvalue weighted by Crippen LogP contribution is 1.95. The third kappa shape index (κ3) is 1.46. The Morgan fingerprint density at radius 2 is 1.75 bits per heavy atom. The van der Waals surface area contributed by atoms with Gasteiger partial charge in [0.25, 0.3) is 0 Å². The number of quaternary nitrogens is 1. The smallest absolute Gasteiger partial charge is 0.104 e. The van der Waals surface area contributed by atoms with Gasteiger partial charge in [0, 0.05) is 0 Å². The van der Waals surface area contributed by atoms with Crippen LogP contribution in [-0.4, -0.2) is 25.3 Å². The van der Waals surface area contributed by atoms with Crippen molar-refractivity contribution in [3.8, 4) is 0 Å². The van der Waals surface area contributed by atoms with Crippen LogP contribution in [0.2, 0.25) is 0 Å². The average Bonchev–Trinajstić information content (AvgIpc) is 1.64. The monoisotopic (exact) mass is 116 g/mol. The predicted octanol–water partition coefficient (Wildman–Crippen LogP) is -0.643. The molecule has 2 N–H and O–H groups in total. The van der Waals surface area contributed by atoms with E-state index in [2.05, 4.69) is 19.2 Å². The van der Waals surface area contributed by atoms with Crippen molar-refractivity contribution in [1.82, 2.24) is 0 Å². The maximum atomic E-state index is 5.45. The molecule has 0 amide bonds. The zero-order valence-corrected chi connectivity index (χ0v) is 5.55. The summed E-state index contributed by atoms with van der Waals surface area (Å²) < 4.78 is 5.45. The van der Waals surface area contributed by atoms with Crippen LogP contribution >= 0.6 is 0 Å². The van der Waals surface area contributed by atoms with Gasteiger partial charge in [0.1, 0.15) is 25.3 Å². The van der Waals surface area contributed by atoms with Gasteiger partial charge in [0.15, 0.2) is 0 Å². The molecule has 8 heavy (non-hydrogen) atoms. The lowest BCUT2D eigenvalue weighted by Crippen LogP contribution is -2.90. The first-order valence-corrected chi connectivity index (χ1v) is 3.26. The summed E-state index contributed by atoms with van der Waals surface area (Å²) >= 11 is 0. The van der Waals surface area contributed by atoms with E-state index < -0.39 is 0 Å². The molecule has 1 aliphatic rings. The lowest BCUT2D eigenvalue weighted by atomic mass is 10.3. The van der Waals surface area contributed by atoms with Gasteiger partial charge in [0.2, 0.25) is 0 Å². The van der Waals surface area contributed by atoms with Crippen molar-refractivity contribution in [2.75, 3.05) is 13.1 Å². The zero-order chi connectivity index (χ0) is 5.98. The summed E-state index contributed by atoms with van der Waals surface area (Å²) in [5.74, 6) is 0. The zero-order valence-electron chi connectivity index (χ0n) is 5.55. The lowest BCUT2D eigenvalue weighted by Gasteiger charge is -2.22. The highest BCUT2D eigenvalue weighted by Gasteiger charge is 2.16. The SMILES string of the molecule is CC1C[NH2+]CC(C)O1. The summed E-state index contributed by atoms with van der Waals surface area (Å²) in [7, 11) is 0. The Kier molecular flexibility index (Phi) is 1.86. The number of hydrogen-bond acceptors (Lipinski definition) is 1. The normalized spacial score (nSPS) is 39.8. The molecule has 2 nitrogen and oxygen atoms in total. The maximum absolute atomic E-state index is 5.45. The minimum atomic E-state index is 0.457. The molecule has 1 aliphatic heterocycles. The molecule has 2 heteroatoms. The second-order valence-corrected chi connectivity index (χ2v) is 2.52. The molecule has 0 aromatic heterocycles. The summed E-state index contributed by atoms with van der Waals surface area (Å²) in [6.07, 6.45) is 0.914. The van der Waals surface area contributed by atoms with Crippen LogP contribution in [0.1, 0.15) is 13.8 Å². The van der Waals surface area contributed by atoms with E-state index in [-0.39, 0.29) is 0 Å². The minimum Gasteiger partial charge on any atom is -0.364 e. The van der Waals surface area contributed by atoms with E-state index in [1.165, 1.54) is 0 Å². The Balaban J connectivity index is 2.23. The quantitative estimate of drug-likeness (QED) is 0.447. The van der Waals surface area contributed by atoms with Gasteiger partial charge in [-0.2, -0.15) is 0 Å². The van der Waals surface area contributed by atoms with Crippen molar-refractivity contribution in [2.45, 2.75) is 26.1 Å². The van der Waals surface area contributed by atoms with E-state index in [0.29, 0.717) is 12.2 Å². The molecule has 1 heterocycles. The number of ether oxygens (including phenoxy) is 1. The van der Waals surface area contributed by atoms with Crippen molar-refractivity contribution in [3.63, 3.8) is 0 Å². The Morgan fingerprint density at radius 1 is 1.25 bits per heavy atom. The first-order valence-electron chi connectivity index (χ1n) is 3.26. The molecule has 0 aromatic carbocycles. The summed E-state index contributed by atoms with van der Waals surface area (Å²) in [5, 5.41) is 2.30. The van der Waals surface area contributed by atoms with Crippen LogP contribution in [0.15, 0.2) is 0 Å². The number of nitrogens with two attached hydrogens (primary N) is 1. The van der Waals surface area contributed by atoms with Crippen LogP contribution in [0.3, 0.4) is 0 Å². The Bertz CT molecular complexity index is 66.9. The van der Waals surface area contributed by atoms with Crippen molar-refractivity contribution < 1.29 is 10.1 Å². The largest absolute Gasteiger partial charge is 0.364 e. The lowest BCUT2D eigenvalue weighted by molar-refractivity contribution is -0.683. The third-order valence-corrected chi connectivity index (χ3v) is 1.46. The van der Waals surface area contributed by atoms with Gasteiger partial charge in [-0.25, -0.2) is 0 Å².